The summed E-state index contributed by atoms with van der Waals surface area (Å²) in [6, 6.07) is 12.5. The van der Waals surface area contributed by atoms with Gasteiger partial charge in [-0.3, -0.25) is 4.79 Å². The van der Waals surface area contributed by atoms with Gasteiger partial charge < -0.3 is 10.2 Å². The van der Waals surface area contributed by atoms with Crippen molar-refractivity contribution in [2.45, 2.75) is 32.7 Å². The Balaban J connectivity index is 1.82. The van der Waals surface area contributed by atoms with Crippen LogP contribution >= 0.6 is 11.3 Å². The van der Waals surface area contributed by atoms with Gasteiger partial charge in [0.25, 0.3) is 5.91 Å². The fourth-order valence-corrected chi connectivity index (χ4v) is 4.21. The highest BCUT2D eigenvalue weighted by molar-refractivity contribution is 7.10. The lowest BCUT2D eigenvalue weighted by molar-refractivity contribution is 0.0941. The molecule has 148 valence electrons. The number of aryl methyl sites for hydroxylation is 1. The molecule has 2 heterocycles. The number of nitrogens with one attached hydrogen (secondary N) is 1. The van der Waals surface area contributed by atoms with Crippen molar-refractivity contribution in [3.05, 3.63) is 69.7 Å². The summed E-state index contributed by atoms with van der Waals surface area (Å²) in [6.07, 6.45) is 1.68. The maximum atomic E-state index is 13.0. The minimum atomic E-state index is -0.0783. The van der Waals surface area contributed by atoms with Gasteiger partial charge in [-0.2, -0.15) is 5.10 Å². The standard InChI is InChI=1S/C22H28N4OS/c1-15(2)21-18(13-24-26(21)17-10-8-16(3)9-11-17)22(27)23-14-19(25(4)5)20-7-6-12-28-20/h6-13,15,19H,14H2,1-5H3,(H,23,27). The Labute approximate surface area is 171 Å². The predicted octanol–water partition coefficient (Wildman–Crippen LogP) is 4.40. The molecule has 3 rings (SSSR count). The molecule has 0 aliphatic heterocycles. The summed E-state index contributed by atoms with van der Waals surface area (Å²) in [5.74, 6) is 0.0944. The first kappa shape index (κ1) is 20.3. The molecule has 1 aromatic carbocycles. The molecule has 0 saturated heterocycles. The molecule has 0 aliphatic carbocycles. The van der Waals surface area contributed by atoms with Gasteiger partial charge in [0.15, 0.2) is 0 Å². The maximum absolute atomic E-state index is 13.0. The zero-order chi connectivity index (χ0) is 20.3. The number of benzene rings is 1. The number of carbonyl (C=O) groups is 1. The Bertz CT molecular complexity index is 911. The molecule has 1 unspecified atom stereocenters. The van der Waals surface area contributed by atoms with Crippen LogP contribution in [0.2, 0.25) is 0 Å². The fraction of sp³-hybridized carbons (Fsp3) is 0.364. The average molecular weight is 397 g/mol. The highest BCUT2D eigenvalue weighted by Crippen LogP contribution is 2.25. The SMILES string of the molecule is Cc1ccc(-n2ncc(C(=O)NCC(c3cccs3)N(C)C)c2C(C)C)cc1. The van der Waals surface area contributed by atoms with E-state index in [0.717, 1.165) is 11.4 Å². The van der Waals surface area contributed by atoms with Crippen LogP contribution in [-0.4, -0.2) is 41.2 Å². The first-order valence-electron chi connectivity index (χ1n) is 9.51. The van der Waals surface area contributed by atoms with E-state index in [1.165, 1.54) is 10.4 Å². The van der Waals surface area contributed by atoms with E-state index >= 15 is 0 Å². The van der Waals surface area contributed by atoms with Gasteiger partial charge in [0.1, 0.15) is 0 Å². The maximum Gasteiger partial charge on any atom is 0.254 e. The van der Waals surface area contributed by atoms with Crippen molar-refractivity contribution in [1.82, 2.24) is 20.0 Å². The fourth-order valence-electron chi connectivity index (χ4n) is 3.28. The van der Waals surface area contributed by atoms with E-state index in [9.17, 15) is 4.79 Å². The van der Waals surface area contributed by atoms with Gasteiger partial charge in [0.05, 0.1) is 29.2 Å². The monoisotopic (exact) mass is 396 g/mol. The van der Waals surface area contributed by atoms with Crippen molar-refractivity contribution in [2.24, 2.45) is 0 Å². The lowest BCUT2D eigenvalue weighted by atomic mass is 10.0. The number of carbonyl (C=O) groups excluding carboxylic acids is 1. The number of aromatic nitrogens is 2. The Morgan fingerprint density at radius 2 is 1.93 bits per heavy atom. The highest BCUT2D eigenvalue weighted by Gasteiger charge is 2.22. The van der Waals surface area contributed by atoms with Crippen LogP contribution < -0.4 is 5.32 Å². The molecule has 28 heavy (non-hydrogen) atoms. The molecule has 1 atom stereocenters. The second kappa shape index (κ2) is 8.71. The topological polar surface area (TPSA) is 50.2 Å². The zero-order valence-corrected chi connectivity index (χ0v) is 18.0. The van der Waals surface area contributed by atoms with Crippen molar-refractivity contribution >= 4 is 17.2 Å². The van der Waals surface area contributed by atoms with E-state index in [-0.39, 0.29) is 17.9 Å². The van der Waals surface area contributed by atoms with Crippen molar-refractivity contribution in [3.8, 4) is 5.69 Å². The first-order valence-corrected chi connectivity index (χ1v) is 10.4. The normalized spacial score (nSPS) is 12.5. The summed E-state index contributed by atoms with van der Waals surface area (Å²) in [5.41, 5.74) is 3.74. The van der Waals surface area contributed by atoms with Gasteiger partial charge in [-0.1, -0.05) is 37.6 Å². The third-order valence-corrected chi connectivity index (χ3v) is 5.80. The summed E-state index contributed by atoms with van der Waals surface area (Å²) >= 11 is 1.71. The summed E-state index contributed by atoms with van der Waals surface area (Å²) in [5, 5.41) is 9.69. The first-order chi connectivity index (χ1) is 13.4. The Morgan fingerprint density at radius 3 is 2.50 bits per heavy atom. The van der Waals surface area contributed by atoms with E-state index in [2.05, 4.69) is 59.7 Å². The molecule has 2 aromatic heterocycles. The molecule has 1 amide bonds. The van der Waals surface area contributed by atoms with E-state index < -0.39 is 0 Å². The second-order valence-electron chi connectivity index (χ2n) is 7.55. The average Bonchev–Trinajstić information content (AvgIpc) is 3.32. The third kappa shape index (κ3) is 4.34. The minimum absolute atomic E-state index is 0.0783. The van der Waals surface area contributed by atoms with Crippen LogP contribution in [0.4, 0.5) is 0 Å². The molecule has 0 saturated carbocycles. The highest BCUT2D eigenvalue weighted by atomic mass is 32.1. The van der Waals surface area contributed by atoms with Crippen LogP contribution in [0.1, 0.15) is 52.3 Å². The summed E-state index contributed by atoms with van der Waals surface area (Å²) in [6.45, 7) is 6.79. The van der Waals surface area contributed by atoms with Gasteiger partial charge in [0.2, 0.25) is 0 Å². The summed E-state index contributed by atoms with van der Waals surface area (Å²) in [4.78, 5) is 16.4. The molecule has 5 nitrogen and oxygen atoms in total. The Morgan fingerprint density at radius 1 is 1.21 bits per heavy atom. The van der Waals surface area contributed by atoms with E-state index in [1.807, 2.05) is 37.0 Å². The van der Waals surface area contributed by atoms with E-state index in [1.54, 1.807) is 17.5 Å². The third-order valence-electron chi connectivity index (χ3n) is 4.83. The van der Waals surface area contributed by atoms with Crippen LogP contribution in [0.3, 0.4) is 0 Å². The van der Waals surface area contributed by atoms with Crippen molar-refractivity contribution in [1.29, 1.82) is 0 Å². The van der Waals surface area contributed by atoms with Crippen LogP contribution in [0.15, 0.2) is 48.0 Å². The molecular weight excluding hydrogens is 368 g/mol. The second-order valence-corrected chi connectivity index (χ2v) is 8.53. The number of thiophene rings is 1. The molecule has 0 spiro atoms. The molecule has 0 radical (unpaired) electrons. The molecule has 3 aromatic rings. The van der Waals surface area contributed by atoms with Gasteiger partial charge in [-0.05, 0) is 50.5 Å². The largest absolute Gasteiger partial charge is 0.350 e. The van der Waals surface area contributed by atoms with Gasteiger partial charge in [-0.25, -0.2) is 4.68 Å². The smallest absolute Gasteiger partial charge is 0.254 e. The number of likely N-dealkylation sites (N-methyl/N-ethyl adjacent to an activating group) is 1. The number of hydrogen-bond acceptors (Lipinski definition) is 4. The molecule has 1 N–H and O–H groups in total. The predicted molar refractivity (Wildman–Crippen MR) is 115 cm³/mol. The van der Waals surface area contributed by atoms with Gasteiger partial charge in [0, 0.05) is 11.4 Å². The minimum Gasteiger partial charge on any atom is -0.350 e. The molecular formula is C22H28N4OS. The zero-order valence-electron chi connectivity index (χ0n) is 17.1. The number of nitrogens with zero attached hydrogens (tertiary/aromatic N) is 3. The molecule has 0 fully saturated rings. The number of hydrogen-bond donors (Lipinski definition) is 1. The number of amides is 1. The quantitative estimate of drug-likeness (QED) is 0.644. The molecule has 0 bridgehead atoms. The van der Waals surface area contributed by atoms with Crippen LogP contribution in [0, 0.1) is 6.92 Å². The lowest BCUT2D eigenvalue weighted by Crippen LogP contribution is -2.34. The lowest BCUT2D eigenvalue weighted by Gasteiger charge is -2.23. The molecule has 6 heteroatoms. The van der Waals surface area contributed by atoms with Crippen LogP contribution in [0.25, 0.3) is 5.69 Å². The van der Waals surface area contributed by atoms with E-state index in [4.69, 9.17) is 0 Å². The summed E-state index contributed by atoms with van der Waals surface area (Å²) in [7, 11) is 4.07. The Hall–Kier alpha value is -2.44. The van der Waals surface area contributed by atoms with Gasteiger partial charge in [-0.15, -0.1) is 11.3 Å². The summed E-state index contributed by atoms with van der Waals surface area (Å²) < 4.78 is 1.88. The number of rotatable bonds is 7. The molecule has 0 aliphatic rings. The van der Waals surface area contributed by atoms with Crippen molar-refractivity contribution in [3.63, 3.8) is 0 Å². The van der Waals surface area contributed by atoms with E-state index in [0.29, 0.717) is 12.1 Å². The van der Waals surface area contributed by atoms with Crippen LogP contribution in [0.5, 0.6) is 0 Å². The Kier molecular flexibility index (Phi) is 6.31. The van der Waals surface area contributed by atoms with Crippen molar-refractivity contribution in [2.75, 3.05) is 20.6 Å². The van der Waals surface area contributed by atoms with Crippen molar-refractivity contribution < 1.29 is 4.79 Å². The van der Waals surface area contributed by atoms with Gasteiger partial charge >= 0.3 is 0 Å². The van der Waals surface area contributed by atoms with Crippen LogP contribution in [-0.2, 0) is 0 Å².